The van der Waals surface area contributed by atoms with Crippen LogP contribution in [0.1, 0.15) is 9.16 Å². The van der Waals surface area contributed by atoms with Crippen LogP contribution in [0, 0.1) is 0 Å². The van der Waals surface area contributed by atoms with Gasteiger partial charge in [0, 0.05) is 38.4 Å². The molecule has 6 nitrogen and oxygen atoms in total. The predicted octanol–water partition coefficient (Wildman–Crippen LogP) is 1.90. The number of hydrogen-bond donors (Lipinski definition) is 1. The number of aromatic nitrogens is 2. The Morgan fingerprint density at radius 2 is 1.63 bits per heavy atom. The van der Waals surface area contributed by atoms with Gasteiger partial charge in [0.2, 0.25) is 0 Å². The summed E-state index contributed by atoms with van der Waals surface area (Å²) in [5.41, 5.74) is 0.305. The first-order valence-corrected chi connectivity index (χ1v) is 9.23. The number of piperazine rings is 1. The summed E-state index contributed by atoms with van der Waals surface area (Å²) < 4.78 is 17.5. The van der Waals surface area contributed by atoms with Crippen molar-refractivity contribution in [2.75, 3.05) is 37.6 Å². The smallest absolute Gasteiger partial charge is 0.328 e. The van der Waals surface area contributed by atoms with E-state index in [1.807, 2.05) is 18.2 Å². The second-order valence-electron chi connectivity index (χ2n) is 6.69. The molecule has 1 N–H and O–H groups in total. The van der Waals surface area contributed by atoms with Crippen LogP contribution in [0.4, 0.5) is 5.69 Å². The molecule has 0 spiro atoms. The zero-order valence-electron chi connectivity index (χ0n) is 17.1. The van der Waals surface area contributed by atoms with Crippen molar-refractivity contribution in [3.63, 3.8) is 0 Å². The molecule has 140 valence electrons. The lowest BCUT2D eigenvalue weighted by Gasteiger charge is -2.36. The van der Waals surface area contributed by atoms with Crippen molar-refractivity contribution >= 4 is 16.6 Å². The first kappa shape index (κ1) is 15.2. The Kier molecular flexibility index (Phi) is 4.40. The van der Waals surface area contributed by atoms with Crippen LogP contribution < -0.4 is 16.1 Å². The van der Waals surface area contributed by atoms with Gasteiger partial charge in [0.05, 0.1) is 13.6 Å². The molecule has 1 fully saturated rings. The predicted molar refractivity (Wildman–Crippen MR) is 109 cm³/mol. The third-order valence-corrected chi connectivity index (χ3v) is 5.00. The molecule has 3 aromatic rings. The molecule has 1 saturated heterocycles. The van der Waals surface area contributed by atoms with Crippen LogP contribution in [0.2, 0.25) is 0 Å². The maximum absolute atomic E-state index is 12.7. The lowest BCUT2D eigenvalue weighted by atomic mass is 10.2. The maximum atomic E-state index is 12.7. The molecule has 0 saturated carbocycles. The maximum Gasteiger partial charge on any atom is 0.328 e. The molecule has 0 radical (unpaired) electrons. The van der Waals surface area contributed by atoms with E-state index >= 15 is 0 Å². The molecule has 0 bridgehead atoms. The summed E-state index contributed by atoms with van der Waals surface area (Å²) in [6.07, 6.45) is 0.0691. The number of benzene rings is 2. The topological polar surface area (TPSA) is 61.3 Å². The van der Waals surface area contributed by atoms with E-state index in [1.165, 1.54) is 5.69 Å². The molecule has 1 aromatic heterocycles. The van der Waals surface area contributed by atoms with Gasteiger partial charge in [-0.25, -0.2) is 4.79 Å². The Morgan fingerprint density at radius 1 is 0.926 bits per heavy atom. The number of nitrogens with one attached hydrogen (secondary N) is 1. The van der Waals surface area contributed by atoms with Gasteiger partial charge >= 0.3 is 5.69 Å². The monoisotopic (exact) mass is 366 g/mol. The summed E-state index contributed by atoms with van der Waals surface area (Å²) in [7, 11) is 0. The molecule has 4 rings (SSSR count). The summed E-state index contributed by atoms with van der Waals surface area (Å²) in [6.45, 7) is 1.77. The summed E-state index contributed by atoms with van der Waals surface area (Å²) in [5, 5.41) is 0.312. The third-order valence-electron chi connectivity index (χ3n) is 5.00. The van der Waals surface area contributed by atoms with Gasteiger partial charge in [-0.2, -0.15) is 0 Å². The highest BCUT2D eigenvalue weighted by Crippen LogP contribution is 2.15. The summed E-state index contributed by atoms with van der Waals surface area (Å²) >= 11 is 0. The summed E-state index contributed by atoms with van der Waals surface area (Å²) in [4.78, 5) is 32.2. The van der Waals surface area contributed by atoms with Crippen LogP contribution in [0.5, 0.6) is 0 Å². The zero-order chi connectivity index (χ0) is 20.4. The summed E-state index contributed by atoms with van der Waals surface area (Å²) in [6, 6.07) is 16.9. The highest BCUT2D eigenvalue weighted by molar-refractivity contribution is 5.76. The van der Waals surface area contributed by atoms with E-state index in [4.69, 9.17) is 2.74 Å². The molecular weight excluding hydrogens is 340 g/mol. The number of H-pyrrole nitrogens is 1. The molecule has 2 aromatic carbocycles. The van der Waals surface area contributed by atoms with Crippen LogP contribution in [0.25, 0.3) is 10.9 Å². The first-order chi connectivity index (χ1) is 14.0. The minimum absolute atomic E-state index is 0.0691. The molecule has 1 aliphatic rings. The Bertz CT molecular complexity index is 1100. The largest absolute Gasteiger partial charge is 0.369 e. The van der Waals surface area contributed by atoms with Crippen LogP contribution in [0.15, 0.2) is 64.2 Å². The van der Waals surface area contributed by atoms with Gasteiger partial charge in [0.1, 0.15) is 0 Å². The Balaban J connectivity index is 1.44. The second kappa shape index (κ2) is 7.80. The number of fused-ring (bicyclic) bond motifs is 1. The van der Waals surface area contributed by atoms with Crippen LogP contribution in [0.3, 0.4) is 0 Å². The highest BCUT2D eigenvalue weighted by Gasteiger charge is 2.17. The van der Waals surface area contributed by atoms with Crippen molar-refractivity contribution < 1.29 is 2.74 Å². The number of nitrogens with zero attached hydrogens (tertiary/aromatic N) is 3. The van der Waals surface area contributed by atoms with Crippen LogP contribution >= 0.6 is 0 Å². The second-order valence-corrected chi connectivity index (χ2v) is 6.69. The minimum atomic E-state index is -2.06. The fourth-order valence-electron chi connectivity index (χ4n) is 3.49. The van der Waals surface area contributed by atoms with Gasteiger partial charge < -0.3 is 9.88 Å². The van der Waals surface area contributed by atoms with Gasteiger partial charge in [-0.3, -0.25) is 14.3 Å². The quantitative estimate of drug-likeness (QED) is 0.749. The number of para-hydroxylation sites is 2. The van der Waals surface area contributed by atoms with E-state index < -0.39 is 17.7 Å². The molecule has 1 aliphatic heterocycles. The van der Waals surface area contributed by atoms with E-state index in [0.717, 1.165) is 30.7 Å². The zero-order valence-corrected chi connectivity index (χ0v) is 15.1. The molecule has 0 amide bonds. The fraction of sp³-hybridized carbons (Fsp3) is 0.333. The first-order valence-electron chi connectivity index (χ1n) is 10.2. The molecule has 27 heavy (non-hydrogen) atoms. The van der Waals surface area contributed by atoms with Crippen molar-refractivity contribution in [3.05, 3.63) is 75.4 Å². The lowest BCUT2D eigenvalue weighted by molar-refractivity contribution is 0.249. The van der Waals surface area contributed by atoms with E-state index in [1.54, 1.807) is 24.3 Å². The highest BCUT2D eigenvalue weighted by atomic mass is 16.2. The standard InChI is InChI=1S/C21H24N4O2/c26-20-18-9-4-5-10-19(18)22-21(27)25(20)12-6-11-23-13-15-24(16-14-23)17-7-2-1-3-8-17/h1-5,7-10H,6,11-16H2,(H,22,27)/i12D2. The molecule has 2 heterocycles. The number of aromatic amines is 1. The molecule has 6 heteroatoms. The van der Waals surface area contributed by atoms with E-state index in [-0.39, 0.29) is 6.42 Å². The van der Waals surface area contributed by atoms with Crippen molar-refractivity contribution in [2.45, 2.75) is 12.9 Å². The number of anilines is 1. The molecular formula is C21H24N4O2. The third kappa shape index (κ3) is 3.80. The number of rotatable bonds is 5. The Morgan fingerprint density at radius 3 is 2.41 bits per heavy atom. The molecule has 0 aliphatic carbocycles. The number of hydrogen-bond acceptors (Lipinski definition) is 4. The molecule has 0 atom stereocenters. The van der Waals surface area contributed by atoms with E-state index in [2.05, 4.69) is 26.9 Å². The van der Waals surface area contributed by atoms with Crippen molar-refractivity contribution in [1.82, 2.24) is 14.5 Å². The van der Waals surface area contributed by atoms with Gasteiger partial charge in [-0.15, -0.1) is 0 Å². The van der Waals surface area contributed by atoms with Gasteiger partial charge in [-0.05, 0) is 37.2 Å². The van der Waals surface area contributed by atoms with E-state index in [9.17, 15) is 9.59 Å². The van der Waals surface area contributed by atoms with Gasteiger partial charge in [-0.1, -0.05) is 30.3 Å². The lowest BCUT2D eigenvalue weighted by Crippen LogP contribution is -2.47. The average molecular weight is 366 g/mol. The Labute approximate surface area is 160 Å². The minimum Gasteiger partial charge on any atom is -0.369 e. The van der Waals surface area contributed by atoms with Crippen molar-refractivity contribution in [1.29, 1.82) is 0 Å². The Hall–Kier alpha value is -2.86. The fourth-order valence-corrected chi connectivity index (χ4v) is 3.49. The normalized spacial score (nSPS) is 17.0. The van der Waals surface area contributed by atoms with E-state index in [0.29, 0.717) is 17.4 Å². The average Bonchev–Trinajstić information content (AvgIpc) is 2.73. The van der Waals surface area contributed by atoms with Crippen LogP contribution in [-0.2, 0) is 6.50 Å². The van der Waals surface area contributed by atoms with Gasteiger partial charge in [0.25, 0.3) is 5.56 Å². The van der Waals surface area contributed by atoms with Crippen molar-refractivity contribution in [2.24, 2.45) is 0 Å². The SMILES string of the molecule is [2H]C([2H])(CCN1CCN(c2ccccc2)CC1)n1c(=O)[nH]c2ccccc2c1=O. The van der Waals surface area contributed by atoms with Crippen molar-refractivity contribution in [3.8, 4) is 0 Å². The van der Waals surface area contributed by atoms with Gasteiger partial charge in [0.15, 0.2) is 0 Å². The summed E-state index contributed by atoms with van der Waals surface area (Å²) in [5.74, 6) is 0. The molecule has 0 unspecified atom stereocenters. The van der Waals surface area contributed by atoms with Crippen LogP contribution in [-0.4, -0.2) is 47.2 Å².